The van der Waals surface area contributed by atoms with Crippen LogP contribution in [0, 0.1) is 46.3 Å². The Balaban J connectivity index is 1.84. The molecule has 0 radical (unpaired) electrons. The minimum Gasteiger partial charge on any atom is -0.245 e. The second-order valence-corrected chi connectivity index (χ2v) is 11.3. The van der Waals surface area contributed by atoms with E-state index < -0.39 is 0 Å². The lowest BCUT2D eigenvalue weighted by atomic mass is 9.40. The molecule has 8 atom stereocenters. The van der Waals surface area contributed by atoms with Gasteiger partial charge in [-0.25, -0.2) is 4.58 Å². The predicted octanol–water partition coefficient (Wildman–Crippen LogP) is 7.04. The van der Waals surface area contributed by atoms with Gasteiger partial charge in [-0.05, 0) is 84.9 Å². The van der Waals surface area contributed by atoms with E-state index >= 15 is 0 Å². The molecule has 3 saturated carbocycles. The lowest BCUT2D eigenvalue weighted by Gasteiger charge is -2.65. The normalized spacial score (nSPS) is 47.2. The van der Waals surface area contributed by atoms with Crippen molar-refractivity contribution in [2.45, 2.75) is 98.8 Å². The number of rotatable bonds is 6. The highest BCUT2D eigenvalue weighted by atomic mass is 14.9. The smallest absolute Gasteiger partial charge is 0.142 e. The van der Waals surface area contributed by atoms with Gasteiger partial charge in [0.25, 0.3) is 0 Å². The van der Waals surface area contributed by atoms with E-state index in [0.29, 0.717) is 10.8 Å². The maximum atomic E-state index is 4.06. The molecular weight excluding hydrogens is 326 g/mol. The predicted molar refractivity (Wildman–Crippen MR) is 119 cm³/mol. The van der Waals surface area contributed by atoms with Crippen LogP contribution in [0.1, 0.15) is 98.8 Å². The lowest BCUT2D eigenvalue weighted by molar-refractivity contribution is -0.489. The molecule has 3 aliphatic carbocycles. The van der Waals surface area contributed by atoms with Crippen LogP contribution in [-0.4, -0.2) is 24.9 Å². The van der Waals surface area contributed by atoms with Crippen LogP contribution in [0.15, 0.2) is 0 Å². The molecule has 3 rings (SSSR count). The van der Waals surface area contributed by atoms with Crippen LogP contribution in [-0.2, 0) is 0 Å². The molecule has 0 N–H and O–H groups in total. The van der Waals surface area contributed by atoms with Gasteiger partial charge in [0.05, 0.1) is 0 Å². The Bertz CT molecular complexity index is 524. The molecule has 0 spiro atoms. The van der Waals surface area contributed by atoms with Crippen LogP contribution in [0.25, 0.3) is 0 Å². The Morgan fingerprint density at radius 3 is 2.37 bits per heavy atom. The number of nitrogens with zero attached hydrogens (tertiary/aromatic N) is 1. The zero-order valence-electron chi connectivity index (χ0n) is 19.4. The molecule has 0 aromatic rings. The van der Waals surface area contributed by atoms with Crippen LogP contribution >= 0.6 is 0 Å². The van der Waals surface area contributed by atoms with E-state index in [0.717, 1.165) is 42.1 Å². The second kappa shape index (κ2) is 8.19. The summed E-state index contributed by atoms with van der Waals surface area (Å²) in [7, 11) is 2.12. The molecule has 0 heterocycles. The molecule has 3 fully saturated rings. The SMILES string of the molecule is C=[N+](C)CCC[C@H]1CCCC2C3CC[C@H](CC)C(C)(CC)C3C[C@H](C)[C@@]21C. The van der Waals surface area contributed by atoms with Crippen LogP contribution in [0.4, 0.5) is 0 Å². The van der Waals surface area contributed by atoms with Crippen molar-refractivity contribution in [2.24, 2.45) is 46.3 Å². The fourth-order valence-electron chi connectivity index (χ4n) is 8.51. The summed E-state index contributed by atoms with van der Waals surface area (Å²) in [4.78, 5) is 0. The van der Waals surface area contributed by atoms with Gasteiger partial charge in [-0.2, -0.15) is 0 Å². The monoisotopic (exact) mass is 374 g/mol. The van der Waals surface area contributed by atoms with Crippen molar-refractivity contribution in [3.63, 3.8) is 0 Å². The van der Waals surface area contributed by atoms with E-state index in [4.69, 9.17) is 0 Å². The molecule has 4 unspecified atom stereocenters. The summed E-state index contributed by atoms with van der Waals surface area (Å²) in [5, 5.41) is 0. The van der Waals surface area contributed by atoms with Crippen LogP contribution in [0.3, 0.4) is 0 Å². The first-order valence-corrected chi connectivity index (χ1v) is 12.3. The highest BCUT2D eigenvalue weighted by molar-refractivity contribution is 5.14. The zero-order chi connectivity index (χ0) is 19.8. The van der Waals surface area contributed by atoms with E-state index in [1.54, 1.807) is 0 Å². The Morgan fingerprint density at radius 1 is 1.00 bits per heavy atom. The molecule has 1 nitrogen and oxygen atoms in total. The molecule has 0 bridgehead atoms. The van der Waals surface area contributed by atoms with E-state index in [1.165, 1.54) is 64.2 Å². The summed E-state index contributed by atoms with van der Waals surface area (Å²) in [6, 6.07) is 0. The van der Waals surface area contributed by atoms with Gasteiger partial charge < -0.3 is 0 Å². The van der Waals surface area contributed by atoms with Gasteiger partial charge in [-0.3, -0.25) is 0 Å². The maximum Gasteiger partial charge on any atom is 0.142 e. The quantitative estimate of drug-likeness (QED) is 0.346. The average Bonchev–Trinajstić information content (AvgIpc) is 2.64. The molecule has 0 saturated heterocycles. The van der Waals surface area contributed by atoms with Crippen molar-refractivity contribution < 1.29 is 4.58 Å². The first-order chi connectivity index (χ1) is 12.8. The van der Waals surface area contributed by atoms with Gasteiger partial charge >= 0.3 is 0 Å². The summed E-state index contributed by atoms with van der Waals surface area (Å²) in [5.74, 6) is 5.80. The minimum atomic E-state index is 0.590. The topological polar surface area (TPSA) is 3.01 Å². The van der Waals surface area contributed by atoms with Crippen molar-refractivity contribution in [1.82, 2.24) is 0 Å². The van der Waals surface area contributed by atoms with Crippen molar-refractivity contribution in [2.75, 3.05) is 13.6 Å². The summed E-state index contributed by atoms with van der Waals surface area (Å²) in [6.07, 6.45) is 14.6. The first kappa shape index (κ1) is 21.4. The highest BCUT2D eigenvalue weighted by Gasteiger charge is 2.59. The standard InChI is InChI=1S/C26H48N/c1-8-20-15-16-22-23-14-10-12-21(13-11-17-27(6)7)26(23,5)19(3)18-24(22)25(20,4)9-2/h19-24H,6,8-18H2,1-5,7H3/q+1/t19-,20-,21+,22?,23?,24?,25?,26+/m0/s1. The second-order valence-electron chi connectivity index (χ2n) is 11.3. The molecule has 0 aromatic carbocycles. The Hall–Kier alpha value is -0.330. The maximum absolute atomic E-state index is 4.06. The third-order valence-corrected chi connectivity index (χ3v) is 10.4. The number of hydrogen-bond donors (Lipinski definition) is 0. The van der Waals surface area contributed by atoms with E-state index in [-0.39, 0.29) is 0 Å². The third-order valence-electron chi connectivity index (χ3n) is 10.4. The van der Waals surface area contributed by atoms with Gasteiger partial charge in [0, 0.05) is 6.42 Å². The largest absolute Gasteiger partial charge is 0.245 e. The summed E-state index contributed by atoms with van der Waals surface area (Å²) in [5.41, 5.74) is 1.18. The first-order valence-electron chi connectivity index (χ1n) is 12.3. The third kappa shape index (κ3) is 3.55. The van der Waals surface area contributed by atoms with Crippen LogP contribution in [0.2, 0.25) is 0 Å². The van der Waals surface area contributed by atoms with Gasteiger partial charge in [0.1, 0.15) is 20.3 Å². The Kier molecular flexibility index (Phi) is 6.49. The van der Waals surface area contributed by atoms with Crippen molar-refractivity contribution in [1.29, 1.82) is 0 Å². The van der Waals surface area contributed by atoms with Crippen LogP contribution in [0.5, 0.6) is 0 Å². The van der Waals surface area contributed by atoms with Crippen molar-refractivity contribution in [3.05, 3.63) is 0 Å². The van der Waals surface area contributed by atoms with Gasteiger partial charge in [-0.15, -0.1) is 0 Å². The van der Waals surface area contributed by atoms with Gasteiger partial charge in [-0.1, -0.05) is 53.9 Å². The van der Waals surface area contributed by atoms with E-state index in [9.17, 15) is 0 Å². The number of fused-ring (bicyclic) bond motifs is 3. The number of hydrogen-bond acceptors (Lipinski definition) is 0. The van der Waals surface area contributed by atoms with Crippen LogP contribution < -0.4 is 0 Å². The molecule has 0 aliphatic heterocycles. The fraction of sp³-hybridized carbons (Fsp3) is 0.962. The fourth-order valence-corrected chi connectivity index (χ4v) is 8.51. The molecule has 0 amide bonds. The minimum absolute atomic E-state index is 0.590. The average molecular weight is 375 g/mol. The molecule has 3 aliphatic rings. The molecule has 27 heavy (non-hydrogen) atoms. The highest BCUT2D eigenvalue weighted by Crippen LogP contribution is 2.67. The lowest BCUT2D eigenvalue weighted by Crippen LogP contribution is -2.58. The molecular formula is C26H48N+. The zero-order valence-corrected chi connectivity index (χ0v) is 19.4. The van der Waals surface area contributed by atoms with Crippen molar-refractivity contribution >= 4 is 6.72 Å². The van der Waals surface area contributed by atoms with E-state index in [1.807, 2.05) is 0 Å². The van der Waals surface area contributed by atoms with Gasteiger partial charge in [0.2, 0.25) is 0 Å². The summed E-state index contributed by atoms with van der Waals surface area (Å²) < 4.78 is 2.13. The van der Waals surface area contributed by atoms with Gasteiger partial charge in [0.15, 0.2) is 0 Å². The van der Waals surface area contributed by atoms with E-state index in [2.05, 4.69) is 53.0 Å². The summed E-state index contributed by atoms with van der Waals surface area (Å²) in [6.45, 7) is 18.2. The van der Waals surface area contributed by atoms with Crippen molar-refractivity contribution in [3.8, 4) is 0 Å². The summed E-state index contributed by atoms with van der Waals surface area (Å²) >= 11 is 0. The molecule has 156 valence electrons. The Morgan fingerprint density at radius 2 is 1.74 bits per heavy atom. The molecule has 1 heteroatoms. The molecule has 0 aromatic heterocycles. The Labute approximate surface area is 170 Å².